The summed E-state index contributed by atoms with van der Waals surface area (Å²) >= 11 is 6.09. The predicted molar refractivity (Wildman–Crippen MR) is 105 cm³/mol. The van der Waals surface area contributed by atoms with Gasteiger partial charge in [0.05, 0.1) is 15.5 Å². The van der Waals surface area contributed by atoms with Crippen LogP contribution in [-0.4, -0.2) is 20.9 Å². The van der Waals surface area contributed by atoms with Crippen LogP contribution < -0.4 is 10.0 Å². The average molecular weight is 395 g/mol. The molecule has 0 fully saturated rings. The highest BCUT2D eigenvalue weighted by molar-refractivity contribution is 7.92. The summed E-state index contributed by atoms with van der Waals surface area (Å²) < 4.78 is 27.7. The van der Waals surface area contributed by atoms with Crippen LogP contribution in [0.2, 0.25) is 5.02 Å². The van der Waals surface area contributed by atoms with Crippen LogP contribution in [0.4, 0.5) is 5.69 Å². The van der Waals surface area contributed by atoms with Gasteiger partial charge in [-0.1, -0.05) is 43.5 Å². The van der Waals surface area contributed by atoms with E-state index in [1.165, 1.54) is 18.2 Å². The van der Waals surface area contributed by atoms with Crippen molar-refractivity contribution >= 4 is 33.2 Å². The molecular formula is C19H23ClN2O3S. The van der Waals surface area contributed by atoms with Crippen molar-refractivity contribution in [2.45, 2.75) is 38.0 Å². The van der Waals surface area contributed by atoms with Crippen molar-refractivity contribution in [2.75, 3.05) is 11.3 Å². The average Bonchev–Trinajstić information content (AvgIpc) is 2.58. The number of anilines is 1. The molecule has 0 spiro atoms. The number of sulfonamides is 1. The molecule has 0 saturated heterocycles. The summed E-state index contributed by atoms with van der Waals surface area (Å²) in [6, 6.07) is 11.2. The summed E-state index contributed by atoms with van der Waals surface area (Å²) in [6.45, 7) is 4.48. The van der Waals surface area contributed by atoms with Crippen molar-refractivity contribution in [1.29, 1.82) is 0 Å². The molecule has 0 aromatic heterocycles. The van der Waals surface area contributed by atoms with E-state index < -0.39 is 10.0 Å². The lowest BCUT2D eigenvalue weighted by Gasteiger charge is -2.11. The van der Waals surface area contributed by atoms with Gasteiger partial charge in [-0.15, -0.1) is 0 Å². The molecule has 2 aromatic rings. The lowest BCUT2D eigenvalue weighted by atomic mass is 10.2. The molecule has 7 heteroatoms. The number of benzene rings is 2. The van der Waals surface area contributed by atoms with Crippen LogP contribution in [0.3, 0.4) is 0 Å². The number of amides is 1. The van der Waals surface area contributed by atoms with Gasteiger partial charge in [0.1, 0.15) is 0 Å². The molecule has 0 unspecified atom stereocenters. The Morgan fingerprint density at radius 2 is 1.88 bits per heavy atom. The quantitative estimate of drug-likeness (QED) is 0.653. The van der Waals surface area contributed by atoms with E-state index in [2.05, 4.69) is 17.0 Å². The largest absolute Gasteiger partial charge is 0.352 e. The SMILES string of the molecule is CCCCCNC(=O)c1cc(S(=O)(=O)Nc2cccc(C)c2)ccc1Cl. The fourth-order valence-electron chi connectivity index (χ4n) is 2.44. The van der Waals surface area contributed by atoms with Gasteiger partial charge in [0, 0.05) is 12.2 Å². The number of carbonyl (C=O) groups is 1. The van der Waals surface area contributed by atoms with E-state index in [1.54, 1.807) is 18.2 Å². The minimum Gasteiger partial charge on any atom is -0.352 e. The summed E-state index contributed by atoms with van der Waals surface area (Å²) in [5.41, 5.74) is 1.55. The highest BCUT2D eigenvalue weighted by Crippen LogP contribution is 2.23. The molecular weight excluding hydrogens is 372 g/mol. The van der Waals surface area contributed by atoms with E-state index in [4.69, 9.17) is 11.6 Å². The molecule has 0 bridgehead atoms. The van der Waals surface area contributed by atoms with Crippen molar-refractivity contribution in [3.8, 4) is 0 Å². The third-order valence-electron chi connectivity index (χ3n) is 3.83. The molecule has 2 N–H and O–H groups in total. The van der Waals surface area contributed by atoms with Crippen LogP contribution >= 0.6 is 11.6 Å². The van der Waals surface area contributed by atoms with Gasteiger partial charge in [0.25, 0.3) is 15.9 Å². The predicted octanol–water partition coefficient (Wildman–Crippen LogP) is 4.37. The maximum Gasteiger partial charge on any atom is 0.261 e. The monoisotopic (exact) mass is 394 g/mol. The molecule has 1 amide bonds. The molecule has 0 saturated carbocycles. The highest BCUT2D eigenvalue weighted by atomic mass is 35.5. The summed E-state index contributed by atoms with van der Waals surface area (Å²) in [7, 11) is -3.82. The zero-order valence-corrected chi connectivity index (χ0v) is 16.5. The number of aryl methyl sites for hydroxylation is 1. The highest BCUT2D eigenvalue weighted by Gasteiger charge is 2.19. The summed E-state index contributed by atoms with van der Waals surface area (Å²) in [6.07, 6.45) is 2.94. The third kappa shape index (κ3) is 5.47. The Labute approximate surface area is 159 Å². The first-order chi connectivity index (χ1) is 12.3. The minimum absolute atomic E-state index is 0.0119. The Morgan fingerprint density at radius 1 is 1.12 bits per heavy atom. The first-order valence-corrected chi connectivity index (χ1v) is 10.4. The maximum absolute atomic E-state index is 12.6. The standard InChI is InChI=1S/C19H23ClN2O3S/c1-3-4-5-11-21-19(23)17-13-16(9-10-18(17)20)26(24,25)22-15-8-6-7-14(2)12-15/h6-10,12-13,22H,3-5,11H2,1-2H3,(H,21,23). The molecule has 2 rings (SSSR count). The van der Waals surface area contributed by atoms with Crippen molar-refractivity contribution < 1.29 is 13.2 Å². The Bertz CT molecular complexity index is 882. The second-order valence-corrected chi connectivity index (χ2v) is 8.17. The number of halogens is 1. The normalized spacial score (nSPS) is 11.2. The van der Waals surface area contributed by atoms with Crippen molar-refractivity contribution in [2.24, 2.45) is 0 Å². The third-order valence-corrected chi connectivity index (χ3v) is 5.54. The maximum atomic E-state index is 12.6. The zero-order chi connectivity index (χ0) is 19.2. The van der Waals surface area contributed by atoms with Crippen LogP contribution in [-0.2, 0) is 10.0 Å². The smallest absolute Gasteiger partial charge is 0.261 e. The number of hydrogen-bond acceptors (Lipinski definition) is 3. The molecule has 0 atom stereocenters. The van der Waals surface area contributed by atoms with Gasteiger partial charge in [-0.25, -0.2) is 8.42 Å². The Hall–Kier alpha value is -2.05. The Morgan fingerprint density at radius 3 is 2.58 bits per heavy atom. The van der Waals surface area contributed by atoms with E-state index >= 15 is 0 Å². The number of nitrogens with one attached hydrogen (secondary N) is 2. The number of rotatable bonds is 8. The van der Waals surface area contributed by atoms with Gasteiger partial charge in [-0.2, -0.15) is 0 Å². The molecule has 0 heterocycles. The van der Waals surface area contributed by atoms with Crippen molar-refractivity contribution in [1.82, 2.24) is 5.32 Å². The fourth-order valence-corrected chi connectivity index (χ4v) is 3.72. The number of carbonyl (C=O) groups excluding carboxylic acids is 1. The second kappa shape index (κ2) is 9.05. The molecule has 0 aliphatic rings. The van der Waals surface area contributed by atoms with Gasteiger partial charge >= 0.3 is 0 Å². The molecule has 2 aromatic carbocycles. The molecule has 26 heavy (non-hydrogen) atoms. The molecule has 140 valence electrons. The summed E-state index contributed by atoms with van der Waals surface area (Å²) in [4.78, 5) is 12.3. The Balaban J connectivity index is 2.20. The lowest BCUT2D eigenvalue weighted by molar-refractivity contribution is 0.0953. The van der Waals surface area contributed by atoms with Gasteiger partial charge in [-0.05, 0) is 49.2 Å². The minimum atomic E-state index is -3.82. The van der Waals surface area contributed by atoms with Crippen LogP contribution in [0.1, 0.15) is 42.1 Å². The van der Waals surface area contributed by atoms with E-state index in [1.807, 2.05) is 13.0 Å². The summed E-state index contributed by atoms with van der Waals surface area (Å²) in [5, 5.41) is 2.99. The van der Waals surface area contributed by atoms with Crippen LogP contribution in [0, 0.1) is 6.92 Å². The van der Waals surface area contributed by atoms with Crippen LogP contribution in [0.15, 0.2) is 47.4 Å². The van der Waals surface area contributed by atoms with Crippen LogP contribution in [0.5, 0.6) is 0 Å². The number of hydrogen-bond donors (Lipinski definition) is 2. The number of unbranched alkanes of at least 4 members (excludes halogenated alkanes) is 2. The first kappa shape index (κ1) is 20.3. The first-order valence-electron chi connectivity index (χ1n) is 8.50. The lowest BCUT2D eigenvalue weighted by Crippen LogP contribution is -2.25. The van der Waals surface area contributed by atoms with Crippen molar-refractivity contribution in [3.63, 3.8) is 0 Å². The van der Waals surface area contributed by atoms with Crippen LogP contribution in [0.25, 0.3) is 0 Å². The molecule has 5 nitrogen and oxygen atoms in total. The second-order valence-electron chi connectivity index (χ2n) is 6.08. The Kier molecular flexibility index (Phi) is 7.06. The van der Waals surface area contributed by atoms with Crippen molar-refractivity contribution in [3.05, 3.63) is 58.6 Å². The molecule has 0 radical (unpaired) electrons. The zero-order valence-electron chi connectivity index (χ0n) is 14.9. The van der Waals surface area contributed by atoms with Gasteiger partial charge < -0.3 is 5.32 Å². The van der Waals surface area contributed by atoms with Gasteiger partial charge in [0.2, 0.25) is 0 Å². The molecule has 0 aliphatic carbocycles. The van der Waals surface area contributed by atoms with Gasteiger partial charge in [-0.3, -0.25) is 9.52 Å². The van der Waals surface area contributed by atoms with E-state index in [-0.39, 0.29) is 21.4 Å². The van der Waals surface area contributed by atoms with E-state index in [0.717, 1.165) is 24.8 Å². The molecule has 0 aliphatic heterocycles. The van der Waals surface area contributed by atoms with E-state index in [0.29, 0.717) is 12.2 Å². The van der Waals surface area contributed by atoms with Gasteiger partial charge in [0.15, 0.2) is 0 Å². The van der Waals surface area contributed by atoms with E-state index in [9.17, 15) is 13.2 Å². The topological polar surface area (TPSA) is 75.3 Å². The fraction of sp³-hybridized carbons (Fsp3) is 0.316. The summed E-state index contributed by atoms with van der Waals surface area (Å²) in [5.74, 6) is -0.376.